The van der Waals surface area contributed by atoms with Crippen LogP contribution in [-0.4, -0.2) is 76.3 Å². The van der Waals surface area contributed by atoms with E-state index in [0.29, 0.717) is 38.3 Å². The van der Waals surface area contributed by atoms with Crippen molar-refractivity contribution in [2.45, 2.75) is 6.54 Å². The molecule has 32 heavy (non-hydrogen) atoms. The first kappa shape index (κ1) is 21.9. The first-order chi connectivity index (χ1) is 15.2. The summed E-state index contributed by atoms with van der Waals surface area (Å²) in [6.07, 6.45) is 0. The van der Waals surface area contributed by atoms with Crippen molar-refractivity contribution in [2.75, 3.05) is 40.3 Å². The SMILES string of the molecule is CN(C)C(=O)c1ccc2c(c1)nc(CN1CCN(C(=O)c3ccc(F)c(F)c3)CC1)n2C. The van der Waals surface area contributed by atoms with E-state index in [0.717, 1.165) is 29.0 Å². The van der Waals surface area contributed by atoms with Crippen LogP contribution in [0.4, 0.5) is 8.78 Å². The van der Waals surface area contributed by atoms with Gasteiger partial charge >= 0.3 is 0 Å². The molecule has 0 radical (unpaired) electrons. The van der Waals surface area contributed by atoms with E-state index >= 15 is 0 Å². The lowest BCUT2D eigenvalue weighted by Gasteiger charge is -2.34. The summed E-state index contributed by atoms with van der Waals surface area (Å²) in [5.74, 6) is -1.49. The number of aryl methyl sites for hydroxylation is 1. The van der Waals surface area contributed by atoms with Crippen LogP contribution in [0.25, 0.3) is 11.0 Å². The van der Waals surface area contributed by atoms with Gasteiger partial charge in [-0.2, -0.15) is 0 Å². The molecule has 168 valence electrons. The molecular weight excluding hydrogens is 416 g/mol. The standard InChI is InChI=1S/C23H25F2N5O2/c1-27(2)22(31)16-5-7-20-19(13-16)26-21(28(20)3)14-29-8-10-30(11-9-29)23(32)15-4-6-17(24)18(25)12-15/h4-7,12-13H,8-11,14H2,1-3H3. The second-order valence-electron chi connectivity index (χ2n) is 8.19. The smallest absolute Gasteiger partial charge is 0.254 e. The normalized spacial score (nSPS) is 14.7. The Morgan fingerprint density at radius 1 is 0.969 bits per heavy atom. The van der Waals surface area contributed by atoms with Gasteiger partial charge in [0, 0.05) is 58.4 Å². The third-order valence-corrected chi connectivity index (χ3v) is 5.82. The first-order valence-electron chi connectivity index (χ1n) is 10.4. The van der Waals surface area contributed by atoms with Crippen LogP contribution >= 0.6 is 0 Å². The molecule has 0 saturated carbocycles. The van der Waals surface area contributed by atoms with Crippen LogP contribution in [0.1, 0.15) is 26.5 Å². The van der Waals surface area contributed by atoms with Crippen molar-refractivity contribution in [1.29, 1.82) is 0 Å². The number of halogens is 2. The number of hydrogen-bond donors (Lipinski definition) is 0. The second-order valence-corrected chi connectivity index (χ2v) is 8.19. The number of piperazine rings is 1. The van der Waals surface area contributed by atoms with Crippen molar-refractivity contribution >= 4 is 22.8 Å². The zero-order valence-electron chi connectivity index (χ0n) is 18.3. The lowest BCUT2D eigenvalue weighted by Crippen LogP contribution is -2.48. The highest BCUT2D eigenvalue weighted by Crippen LogP contribution is 2.20. The largest absolute Gasteiger partial charge is 0.345 e. The maximum Gasteiger partial charge on any atom is 0.254 e. The fraction of sp³-hybridized carbons (Fsp3) is 0.348. The Balaban J connectivity index is 1.42. The van der Waals surface area contributed by atoms with Crippen LogP contribution in [0.15, 0.2) is 36.4 Å². The molecule has 3 aromatic rings. The van der Waals surface area contributed by atoms with E-state index in [1.807, 2.05) is 17.7 Å². The van der Waals surface area contributed by atoms with Crippen LogP contribution < -0.4 is 0 Å². The molecule has 0 bridgehead atoms. The number of nitrogens with zero attached hydrogens (tertiary/aromatic N) is 5. The molecule has 1 saturated heterocycles. The molecule has 0 aliphatic carbocycles. The molecule has 2 aromatic carbocycles. The summed E-state index contributed by atoms with van der Waals surface area (Å²) in [6, 6.07) is 8.74. The molecule has 1 aliphatic rings. The van der Waals surface area contributed by atoms with E-state index in [1.54, 1.807) is 31.1 Å². The molecule has 0 N–H and O–H groups in total. The summed E-state index contributed by atoms with van der Waals surface area (Å²) in [4.78, 5) is 34.9. The summed E-state index contributed by atoms with van der Waals surface area (Å²) in [7, 11) is 5.38. The Labute approximate surface area is 184 Å². The summed E-state index contributed by atoms with van der Waals surface area (Å²) >= 11 is 0. The van der Waals surface area contributed by atoms with Gasteiger partial charge in [-0.15, -0.1) is 0 Å². The molecule has 0 atom stereocenters. The van der Waals surface area contributed by atoms with E-state index in [2.05, 4.69) is 4.90 Å². The van der Waals surface area contributed by atoms with Crippen molar-refractivity contribution in [3.8, 4) is 0 Å². The number of benzene rings is 2. The molecule has 1 aromatic heterocycles. The average molecular weight is 441 g/mol. The molecule has 2 heterocycles. The Morgan fingerprint density at radius 2 is 1.66 bits per heavy atom. The van der Waals surface area contributed by atoms with Gasteiger partial charge in [0.15, 0.2) is 11.6 Å². The van der Waals surface area contributed by atoms with Gasteiger partial charge in [-0.3, -0.25) is 14.5 Å². The minimum Gasteiger partial charge on any atom is -0.345 e. The van der Waals surface area contributed by atoms with Crippen LogP contribution in [0.2, 0.25) is 0 Å². The highest BCUT2D eigenvalue weighted by atomic mass is 19.2. The van der Waals surface area contributed by atoms with Crippen LogP contribution in [0.5, 0.6) is 0 Å². The quantitative estimate of drug-likeness (QED) is 0.624. The highest BCUT2D eigenvalue weighted by Gasteiger charge is 2.24. The highest BCUT2D eigenvalue weighted by molar-refractivity contribution is 5.97. The van der Waals surface area contributed by atoms with Crippen molar-refractivity contribution in [3.05, 3.63) is 65.0 Å². The topological polar surface area (TPSA) is 61.7 Å². The molecule has 0 unspecified atom stereocenters. The van der Waals surface area contributed by atoms with E-state index in [4.69, 9.17) is 4.98 Å². The maximum absolute atomic E-state index is 13.5. The van der Waals surface area contributed by atoms with Gasteiger partial charge < -0.3 is 14.4 Å². The van der Waals surface area contributed by atoms with Gasteiger partial charge in [-0.1, -0.05) is 0 Å². The fourth-order valence-corrected chi connectivity index (χ4v) is 3.90. The van der Waals surface area contributed by atoms with E-state index in [1.165, 1.54) is 11.0 Å². The summed E-state index contributed by atoms with van der Waals surface area (Å²) < 4.78 is 28.6. The summed E-state index contributed by atoms with van der Waals surface area (Å²) in [6.45, 7) is 2.87. The molecule has 9 heteroatoms. The molecule has 2 amide bonds. The number of fused-ring (bicyclic) bond motifs is 1. The number of carbonyl (C=O) groups is 2. The Morgan fingerprint density at radius 3 is 2.31 bits per heavy atom. The average Bonchev–Trinajstić information content (AvgIpc) is 3.09. The first-order valence-corrected chi connectivity index (χ1v) is 10.4. The van der Waals surface area contributed by atoms with Crippen molar-refractivity contribution in [2.24, 2.45) is 7.05 Å². The summed E-state index contributed by atoms with van der Waals surface area (Å²) in [5, 5.41) is 0. The Bertz CT molecular complexity index is 1180. The zero-order valence-corrected chi connectivity index (χ0v) is 18.3. The molecular formula is C23H25F2N5O2. The third-order valence-electron chi connectivity index (χ3n) is 5.82. The van der Waals surface area contributed by atoms with Gasteiger partial charge in [0.2, 0.25) is 0 Å². The maximum atomic E-state index is 13.5. The van der Waals surface area contributed by atoms with Crippen LogP contribution in [0, 0.1) is 11.6 Å². The predicted molar refractivity (Wildman–Crippen MR) is 116 cm³/mol. The third kappa shape index (κ3) is 4.20. The molecule has 1 fully saturated rings. The number of aromatic nitrogens is 2. The van der Waals surface area contributed by atoms with Gasteiger partial charge in [0.25, 0.3) is 11.8 Å². The van der Waals surface area contributed by atoms with Crippen molar-refractivity contribution < 1.29 is 18.4 Å². The van der Waals surface area contributed by atoms with Crippen LogP contribution in [0.3, 0.4) is 0 Å². The van der Waals surface area contributed by atoms with Crippen molar-refractivity contribution in [1.82, 2.24) is 24.3 Å². The predicted octanol–water partition coefficient (Wildman–Crippen LogP) is 2.51. The lowest BCUT2D eigenvalue weighted by molar-refractivity contribution is 0.0623. The van der Waals surface area contributed by atoms with E-state index in [9.17, 15) is 18.4 Å². The Kier molecular flexibility index (Phi) is 5.92. The molecule has 1 aliphatic heterocycles. The molecule has 4 rings (SSSR count). The van der Waals surface area contributed by atoms with Crippen LogP contribution in [-0.2, 0) is 13.6 Å². The number of imidazole rings is 1. The molecule has 7 nitrogen and oxygen atoms in total. The van der Waals surface area contributed by atoms with Gasteiger partial charge in [0.05, 0.1) is 17.6 Å². The number of amides is 2. The fourth-order valence-electron chi connectivity index (χ4n) is 3.90. The number of rotatable bonds is 4. The Hall–Kier alpha value is -3.33. The van der Waals surface area contributed by atoms with Gasteiger partial charge in [-0.05, 0) is 36.4 Å². The van der Waals surface area contributed by atoms with Crippen molar-refractivity contribution in [3.63, 3.8) is 0 Å². The zero-order chi connectivity index (χ0) is 23.0. The molecule has 0 spiro atoms. The summed E-state index contributed by atoms with van der Waals surface area (Å²) in [5.41, 5.74) is 2.46. The van der Waals surface area contributed by atoms with E-state index in [-0.39, 0.29) is 17.4 Å². The van der Waals surface area contributed by atoms with E-state index < -0.39 is 11.6 Å². The number of carbonyl (C=O) groups excluding carboxylic acids is 2. The number of hydrogen-bond acceptors (Lipinski definition) is 4. The second kappa shape index (κ2) is 8.66. The minimum atomic E-state index is -1.02. The van der Waals surface area contributed by atoms with Gasteiger partial charge in [0.1, 0.15) is 5.82 Å². The lowest BCUT2D eigenvalue weighted by atomic mass is 10.1. The minimum absolute atomic E-state index is 0.0686. The monoisotopic (exact) mass is 441 g/mol. The van der Waals surface area contributed by atoms with Gasteiger partial charge in [-0.25, -0.2) is 13.8 Å².